The van der Waals surface area contributed by atoms with Gasteiger partial charge in [-0.25, -0.2) is 9.78 Å². The number of anilines is 1. The molecule has 32 heavy (non-hydrogen) atoms. The number of nitrogens with zero attached hydrogens (tertiary/aromatic N) is 5. The minimum Gasteiger partial charge on any atom is -0.475 e. The number of aryl methyl sites for hydroxylation is 2. The third-order valence-electron chi connectivity index (χ3n) is 5.34. The first-order chi connectivity index (χ1) is 15.0. The molecule has 0 bridgehead atoms. The zero-order chi connectivity index (χ0) is 23.6. The highest BCUT2D eigenvalue weighted by atomic mass is 19.4. The number of carbonyl (C=O) groups excluding carboxylic acids is 2. The van der Waals surface area contributed by atoms with Gasteiger partial charge in [-0.05, 0) is 31.9 Å². The van der Waals surface area contributed by atoms with Gasteiger partial charge in [0, 0.05) is 31.9 Å². The van der Waals surface area contributed by atoms with Crippen LogP contribution >= 0.6 is 0 Å². The molecule has 2 aliphatic rings. The summed E-state index contributed by atoms with van der Waals surface area (Å²) in [6.07, 6.45) is 0.418. The van der Waals surface area contributed by atoms with E-state index >= 15 is 0 Å². The maximum atomic E-state index is 12.9. The predicted molar refractivity (Wildman–Crippen MR) is 106 cm³/mol. The van der Waals surface area contributed by atoms with Crippen LogP contribution in [0.4, 0.5) is 18.9 Å². The van der Waals surface area contributed by atoms with Gasteiger partial charge in [-0.2, -0.15) is 18.3 Å². The standard InChI is InChI=1S/C18H21N5O2.C2HF3O2/c1-12-4-3-5-14(20-12)18(25)22-9-8-16-15(22)6-7-17(24)23(16)13-10-19-21(2)11-13;3-2(4,5)1(6)7/h3-5,10-11,15-16H,6-9H2,1-2H3;(H,6,7)/t15-,16-;/m1./s1. The van der Waals surface area contributed by atoms with Gasteiger partial charge in [-0.3, -0.25) is 14.3 Å². The molecule has 12 heteroatoms. The smallest absolute Gasteiger partial charge is 0.475 e. The van der Waals surface area contributed by atoms with Crippen molar-refractivity contribution in [1.29, 1.82) is 0 Å². The number of alkyl halides is 3. The van der Waals surface area contributed by atoms with Crippen LogP contribution in [0.5, 0.6) is 0 Å². The monoisotopic (exact) mass is 453 g/mol. The van der Waals surface area contributed by atoms with E-state index in [0.717, 1.165) is 17.8 Å². The van der Waals surface area contributed by atoms with E-state index in [4.69, 9.17) is 9.90 Å². The van der Waals surface area contributed by atoms with Crippen LogP contribution in [0.15, 0.2) is 30.6 Å². The van der Waals surface area contributed by atoms with Crippen LogP contribution in [0.25, 0.3) is 0 Å². The van der Waals surface area contributed by atoms with Gasteiger partial charge in [0.25, 0.3) is 5.91 Å². The van der Waals surface area contributed by atoms with Gasteiger partial charge < -0.3 is 14.9 Å². The summed E-state index contributed by atoms with van der Waals surface area (Å²) >= 11 is 0. The van der Waals surface area contributed by atoms with E-state index in [1.807, 2.05) is 42.1 Å². The Kier molecular flexibility index (Phi) is 6.51. The van der Waals surface area contributed by atoms with Crippen molar-refractivity contribution in [3.8, 4) is 0 Å². The molecule has 4 rings (SSSR count). The van der Waals surface area contributed by atoms with Crippen molar-refractivity contribution in [1.82, 2.24) is 19.7 Å². The number of amides is 2. The van der Waals surface area contributed by atoms with Gasteiger partial charge in [0.05, 0.1) is 24.0 Å². The van der Waals surface area contributed by atoms with E-state index in [1.54, 1.807) is 16.9 Å². The number of likely N-dealkylation sites (tertiary alicyclic amines) is 1. The SMILES string of the molecule is Cc1cccc(C(=O)N2CC[C@@H]3[C@H]2CCC(=O)N3c2cnn(C)c2)n1.O=C(O)C(F)(F)F. The Morgan fingerprint density at radius 1 is 1.19 bits per heavy atom. The maximum Gasteiger partial charge on any atom is 0.490 e. The number of rotatable bonds is 2. The first kappa shape index (κ1) is 23.2. The minimum absolute atomic E-state index is 0.0132. The molecular weight excluding hydrogens is 431 g/mol. The van der Waals surface area contributed by atoms with Gasteiger partial charge >= 0.3 is 12.1 Å². The van der Waals surface area contributed by atoms with Crippen molar-refractivity contribution >= 4 is 23.5 Å². The van der Waals surface area contributed by atoms with E-state index in [0.29, 0.717) is 25.1 Å². The molecule has 0 aromatic carbocycles. The predicted octanol–water partition coefficient (Wildman–Crippen LogP) is 2.17. The topological polar surface area (TPSA) is 109 Å². The van der Waals surface area contributed by atoms with Crippen molar-refractivity contribution < 1.29 is 32.7 Å². The van der Waals surface area contributed by atoms with Crippen LogP contribution in [0.3, 0.4) is 0 Å². The number of aliphatic carboxylic acids is 1. The highest BCUT2D eigenvalue weighted by Crippen LogP contribution is 2.35. The Morgan fingerprint density at radius 3 is 2.44 bits per heavy atom. The molecule has 0 radical (unpaired) electrons. The second kappa shape index (κ2) is 8.97. The lowest BCUT2D eigenvalue weighted by molar-refractivity contribution is -0.192. The molecule has 0 saturated carbocycles. The summed E-state index contributed by atoms with van der Waals surface area (Å²) in [6.45, 7) is 2.53. The van der Waals surface area contributed by atoms with Gasteiger partial charge in [0.2, 0.25) is 5.91 Å². The van der Waals surface area contributed by atoms with Crippen LogP contribution in [0.1, 0.15) is 35.4 Å². The number of aromatic nitrogens is 3. The fourth-order valence-corrected chi connectivity index (χ4v) is 3.99. The Hall–Kier alpha value is -3.44. The molecule has 4 heterocycles. The van der Waals surface area contributed by atoms with Crippen molar-refractivity contribution in [2.24, 2.45) is 7.05 Å². The number of fused-ring (bicyclic) bond motifs is 1. The third kappa shape index (κ3) is 4.89. The number of hydrogen-bond donors (Lipinski definition) is 1. The van der Waals surface area contributed by atoms with Gasteiger partial charge in [0.15, 0.2) is 0 Å². The fraction of sp³-hybridized carbons (Fsp3) is 0.450. The quantitative estimate of drug-likeness (QED) is 0.747. The number of pyridine rings is 1. The molecule has 2 amide bonds. The molecule has 2 aromatic heterocycles. The fourth-order valence-electron chi connectivity index (χ4n) is 3.99. The zero-order valence-electron chi connectivity index (χ0n) is 17.4. The molecule has 2 aromatic rings. The summed E-state index contributed by atoms with van der Waals surface area (Å²) in [5, 5.41) is 11.3. The number of carboxylic acids is 1. The van der Waals surface area contributed by atoms with Gasteiger partial charge in [-0.15, -0.1) is 0 Å². The molecule has 2 aliphatic heterocycles. The molecule has 0 unspecified atom stereocenters. The number of hydrogen-bond acceptors (Lipinski definition) is 5. The summed E-state index contributed by atoms with van der Waals surface area (Å²) in [7, 11) is 1.84. The van der Waals surface area contributed by atoms with E-state index in [-0.39, 0.29) is 23.9 Å². The zero-order valence-corrected chi connectivity index (χ0v) is 17.4. The lowest BCUT2D eigenvalue weighted by Gasteiger charge is -2.38. The molecule has 2 atom stereocenters. The van der Waals surface area contributed by atoms with Crippen LogP contribution in [-0.2, 0) is 16.6 Å². The summed E-state index contributed by atoms with van der Waals surface area (Å²) in [6, 6.07) is 5.55. The van der Waals surface area contributed by atoms with Gasteiger partial charge in [0.1, 0.15) is 5.69 Å². The number of carbonyl (C=O) groups is 3. The summed E-state index contributed by atoms with van der Waals surface area (Å²) in [5.74, 6) is -2.69. The Morgan fingerprint density at radius 2 is 1.88 bits per heavy atom. The Balaban J connectivity index is 0.000000360. The van der Waals surface area contributed by atoms with Crippen molar-refractivity contribution in [3.05, 3.63) is 42.0 Å². The Bertz CT molecular complexity index is 1020. The second-order valence-corrected chi connectivity index (χ2v) is 7.56. The molecule has 0 spiro atoms. The van der Waals surface area contributed by atoms with Crippen molar-refractivity contribution in [3.63, 3.8) is 0 Å². The third-order valence-corrected chi connectivity index (χ3v) is 5.34. The van der Waals surface area contributed by atoms with Crippen LogP contribution in [0, 0.1) is 6.92 Å². The summed E-state index contributed by atoms with van der Waals surface area (Å²) < 4.78 is 33.4. The van der Waals surface area contributed by atoms with E-state index < -0.39 is 12.1 Å². The average molecular weight is 453 g/mol. The van der Waals surface area contributed by atoms with E-state index in [9.17, 15) is 22.8 Å². The molecule has 172 valence electrons. The largest absolute Gasteiger partial charge is 0.490 e. The van der Waals surface area contributed by atoms with Crippen molar-refractivity contribution in [2.75, 3.05) is 11.4 Å². The lowest BCUT2D eigenvalue weighted by Crippen LogP contribution is -2.53. The Labute approximate surface area is 181 Å². The number of carboxylic acid groups (broad SMARTS) is 1. The molecule has 0 aliphatic carbocycles. The van der Waals surface area contributed by atoms with E-state index in [2.05, 4.69) is 10.1 Å². The maximum absolute atomic E-state index is 12.9. The van der Waals surface area contributed by atoms with Gasteiger partial charge in [-0.1, -0.05) is 6.07 Å². The average Bonchev–Trinajstić information content (AvgIpc) is 3.33. The highest BCUT2D eigenvalue weighted by molar-refractivity contribution is 5.97. The van der Waals surface area contributed by atoms with Crippen LogP contribution < -0.4 is 4.90 Å². The summed E-state index contributed by atoms with van der Waals surface area (Å²) in [4.78, 5) is 42.4. The van der Waals surface area contributed by atoms with Crippen LogP contribution in [-0.4, -0.2) is 67.4 Å². The number of halogens is 3. The van der Waals surface area contributed by atoms with E-state index in [1.165, 1.54) is 0 Å². The minimum atomic E-state index is -5.08. The highest BCUT2D eigenvalue weighted by Gasteiger charge is 2.46. The lowest BCUT2D eigenvalue weighted by atomic mass is 9.95. The molecule has 2 saturated heterocycles. The summed E-state index contributed by atoms with van der Waals surface area (Å²) in [5.41, 5.74) is 2.12. The molecule has 1 N–H and O–H groups in total. The molecular formula is C20H22F3N5O4. The van der Waals surface area contributed by atoms with Crippen LogP contribution in [0.2, 0.25) is 0 Å². The first-order valence-corrected chi connectivity index (χ1v) is 9.84. The van der Waals surface area contributed by atoms with Crippen molar-refractivity contribution in [2.45, 2.75) is 44.4 Å². The normalized spacial score (nSPS) is 20.5. The second-order valence-electron chi connectivity index (χ2n) is 7.56. The molecule has 2 fully saturated rings. The number of piperidine rings is 1. The first-order valence-electron chi connectivity index (χ1n) is 9.84. The molecule has 9 nitrogen and oxygen atoms in total.